The molecule has 1 atom stereocenters. The van der Waals surface area contributed by atoms with Crippen LogP contribution in [0.25, 0.3) is 11.3 Å². The Bertz CT molecular complexity index is 1010. The third kappa shape index (κ3) is 2.53. The first-order valence-corrected chi connectivity index (χ1v) is 7.84. The third-order valence-corrected chi connectivity index (χ3v) is 4.35. The molecule has 8 nitrogen and oxygen atoms in total. The molecule has 132 valence electrons. The van der Waals surface area contributed by atoms with Crippen molar-refractivity contribution in [3.8, 4) is 11.3 Å². The fourth-order valence-corrected chi connectivity index (χ4v) is 3.21. The van der Waals surface area contributed by atoms with Crippen molar-refractivity contribution in [1.29, 1.82) is 0 Å². The van der Waals surface area contributed by atoms with Crippen LogP contribution in [0.4, 0.5) is 10.2 Å². The summed E-state index contributed by atoms with van der Waals surface area (Å²) in [5.41, 5.74) is 2.52. The number of rotatable bonds is 3. The largest absolute Gasteiger partial charge is 0.464 e. The van der Waals surface area contributed by atoms with E-state index >= 15 is 0 Å². The summed E-state index contributed by atoms with van der Waals surface area (Å²) in [6.07, 6.45) is 1.67. The van der Waals surface area contributed by atoms with Crippen LogP contribution in [0.2, 0.25) is 0 Å². The topological polar surface area (TPSA) is 113 Å². The van der Waals surface area contributed by atoms with Crippen LogP contribution in [0.15, 0.2) is 30.5 Å². The van der Waals surface area contributed by atoms with Gasteiger partial charge in [0, 0.05) is 29.0 Å². The number of carbonyl (C=O) groups excluding carboxylic acids is 2. The summed E-state index contributed by atoms with van der Waals surface area (Å²) in [7, 11) is 1.27. The summed E-state index contributed by atoms with van der Waals surface area (Å²) < 4.78 is 18.4. The number of halogens is 1. The molecule has 0 radical (unpaired) electrons. The molecule has 1 unspecified atom stereocenters. The third-order valence-electron chi connectivity index (χ3n) is 4.35. The molecule has 0 saturated heterocycles. The molecule has 1 amide bonds. The number of nitrogens with zero attached hydrogens (tertiary/aromatic N) is 2. The van der Waals surface area contributed by atoms with Gasteiger partial charge in [-0.05, 0) is 12.1 Å². The van der Waals surface area contributed by atoms with Crippen LogP contribution < -0.4 is 5.32 Å². The highest BCUT2D eigenvalue weighted by molar-refractivity contribution is 5.99. The number of hydrogen-bond donors (Lipinski definition) is 3. The van der Waals surface area contributed by atoms with Gasteiger partial charge in [-0.15, -0.1) is 0 Å². The summed E-state index contributed by atoms with van der Waals surface area (Å²) in [4.78, 5) is 24.2. The maximum atomic E-state index is 13.6. The van der Waals surface area contributed by atoms with Crippen LogP contribution >= 0.6 is 0 Å². The highest BCUT2D eigenvalue weighted by atomic mass is 19.1. The Morgan fingerprint density at radius 2 is 2.19 bits per heavy atom. The molecule has 0 bridgehead atoms. The molecular weight excluding hydrogens is 341 g/mol. The van der Waals surface area contributed by atoms with Crippen LogP contribution in [0.5, 0.6) is 0 Å². The van der Waals surface area contributed by atoms with Crippen molar-refractivity contribution in [2.45, 2.75) is 12.3 Å². The molecule has 1 aromatic carbocycles. The van der Waals surface area contributed by atoms with Gasteiger partial charge in [0.05, 0.1) is 19.0 Å². The number of anilines is 1. The first kappa shape index (κ1) is 16.0. The highest BCUT2D eigenvalue weighted by Gasteiger charge is 2.36. The first-order chi connectivity index (χ1) is 12.6. The van der Waals surface area contributed by atoms with E-state index in [1.54, 1.807) is 18.3 Å². The lowest BCUT2D eigenvalue weighted by atomic mass is 9.84. The Labute approximate surface area is 146 Å². The predicted octanol–water partition coefficient (Wildman–Crippen LogP) is 2.20. The molecule has 1 aliphatic heterocycles. The normalized spacial score (nSPS) is 16.1. The lowest BCUT2D eigenvalue weighted by Gasteiger charge is -2.22. The van der Waals surface area contributed by atoms with E-state index in [1.807, 2.05) is 0 Å². The molecule has 4 rings (SSSR count). The van der Waals surface area contributed by atoms with Crippen LogP contribution in [-0.2, 0) is 9.53 Å². The van der Waals surface area contributed by atoms with Crippen molar-refractivity contribution >= 4 is 17.7 Å². The molecule has 0 saturated carbocycles. The van der Waals surface area contributed by atoms with Crippen LogP contribution in [-0.4, -0.2) is 39.4 Å². The molecule has 26 heavy (non-hydrogen) atoms. The number of carbonyl (C=O) groups is 2. The average molecular weight is 355 g/mol. The number of H-pyrrole nitrogens is 2. The number of ether oxygens (including phenoxy) is 1. The van der Waals surface area contributed by atoms with E-state index in [0.717, 1.165) is 0 Å². The van der Waals surface area contributed by atoms with Crippen LogP contribution in [0, 0.1) is 5.82 Å². The van der Waals surface area contributed by atoms with E-state index in [0.29, 0.717) is 22.4 Å². The van der Waals surface area contributed by atoms with Gasteiger partial charge in [-0.25, -0.2) is 9.18 Å². The number of aromatic nitrogens is 4. The van der Waals surface area contributed by atoms with Crippen molar-refractivity contribution in [3.05, 3.63) is 53.1 Å². The fourth-order valence-electron chi connectivity index (χ4n) is 3.21. The second-order valence-electron chi connectivity index (χ2n) is 5.87. The fraction of sp³-hybridized carbons (Fsp3) is 0.176. The van der Waals surface area contributed by atoms with Gasteiger partial charge in [-0.3, -0.25) is 15.0 Å². The zero-order chi connectivity index (χ0) is 18.3. The van der Waals surface area contributed by atoms with Gasteiger partial charge in [-0.2, -0.15) is 10.2 Å². The average Bonchev–Trinajstić information content (AvgIpc) is 3.27. The molecule has 0 aliphatic carbocycles. The number of nitrogens with one attached hydrogen (secondary N) is 3. The second kappa shape index (κ2) is 6.10. The van der Waals surface area contributed by atoms with Gasteiger partial charge in [0.25, 0.3) is 0 Å². The quantitative estimate of drug-likeness (QED) is 0.624. The van der Waals surface area contributed by atoms with E-state index in [4.69, 9.17) is 4.74 Å². The molecule has 3 N–H and O–H groups in total. The van der Waals surface area contributed by atoms with Gasteiger partial charge in [0.1, 0.15) is 11.5 Å². The summed E-state index contributed by atoms with van der Waals surface area (Å²) in [6.45, 7) is 0. The molecule has 3 aromatic rings. The van der Waals surface area contributed by atoms with Crippen molar-refractivity contribution < 1.29 is 18.7 Å². The first-order valence-electron chi connectivity index (χ1n) is 7.84. The van der Waals surface area contributed by atoms with E-state index in [1.165, 1.54) is 19.2 Å². The number of esters is 1. The smallest absolute Gasteiger partial charge is 0.356 e. The SMILES string of the molecule is COC(=O)c1[nH]nc2c1C(c1cn[nH]c1-c1cccc(F)c1)CC(=O)N2. The van der Waals surface area contributed by atoms with Crippen molar-refractivity contribution in [2.75, 3.05) is 12.4 Å². The number of aromatic amines is 2. The zero-order valence-electron chi connectivity index (χ0n) is 13.7. The van der Waals surface area contributed by atoms with Crippen molar-refractivity contribution in [3.63, 3.8) is 0 Å². The number of methoxy groups -OCH3 is 1. The molecule has 1 aliphatic rings. The summed E-state index contributed by atoms with van der Waals surface area (Å²) in [6, 6.07) is 6.04. The van der Waals surface area contributed by atoms with Gasteiger partial charge in [-0.1, -0.05) is 12.1 Å². The predicted molar refractivity (Wildman–Crippen MR) is 89.0 cm³/mol. The van der Waals surface area contributed by atoms with E-state index in [-0.39, 0.29) is 29.7 Å². The Kier molecular flexibility index (Phi) is 3.76. The summed E-state index contributed by atoms with van der Waals surface area (Å²) in [5, 5.41) is 16.2. The lowest BCUT2D eigenvalue weighted by molar-refractivity contribution is -0.116. The van der Waals surface area contributed by atoms with Crippen LogP contribution in [0.1, 0.15) is 34.0 Å². The monoisotopic (exact) mass is 355 g/mol. The second-order valence-corrected chi connectivity index (χ2v) is 5.87. The Hall–Kier alpha value is -3.49. The molecule has 9 heteroatoms. The summed E-state index contributed by atoms with van der Waals surface area (Å²) >= 11 is 0. The minimum absolute atomic E-state index is 0.0956. The lowest BCUT2D eigenvalue weighted by Crippen LogP contribution is -2.24. The van der Waals surface area contributed by atoms with Crippen molar-refractivity contribution in [1.82, 2.24) is 20.4 Å². The van der Waals surface area contributed by atoms with Gasteiger partial charge in [0.2, 0.25) is 5.91 Å². The molecule has 0 fully saturated rings. The van der Waals surface area contributed by atoms with E-state index in [2.05, 4.69) is 25.7 Å². The maximum Gasteiger partial charge on any atom is 0.356 e. The number of fused-ring (bicyclic) bond motifs is 1. The minimum Gasteiger partial charge on any atom is -0.464 e. The van der Waals surface area contributed by atoms with Crippen molar-refractivity contribution in [2.24, 2.45) is 0 Å². The highest BCUT2D eigenvalue weighted by Crippen LogP contribution is 2.41. The van der Waals surface area contributed by atoms with E-state index < -0.39 is 11.9 Å². The number of amides is 1. The standard InChI is InChI=1S/C17H14FN5O3/c1-26-17(25)15-13-10(6-12(24)20-16(13)23-22-15)11-7-19-21-14(11)8-3-2-4-9(18)5-8/h2-5,7,10H,6H2,1H3,(H,19,21)(H2,20,22,23,24). The Balaban J connectivity index is 1.86. The molecular formula is C17H14FN5O3. The zero-order valence-corrected chi connectivity index (χ0v) is 13.7. The summed E-state index contributed by atoms with van der Waals surface area (Å²) in [5.74, 6) is -1.42. The van der Waals surface area contributed by atoms with Gasteiger partial charge >= 0.3 is 5.97 Å². The molecule has 2 aromatic heterocycles. The van der Waals surface area contributed by atoms with Gasteiger partial charge < -0.3 is 10.1 Å². The van der Waals surface area contributed by atoms with E-state index in [9.17, 15) is 14.0 Å². The number of hydrogen-bond acceptors (Lipinski definition) is 5. The Morgan fingerprint density at radius 3 is 2.96 bits per heavy atom. The van der Waals surface area contributed by atoms with Gasteiger partial charge in [0.15, 0.2) is 5.82 Å². The molecule has 0 spiro atoms. The van der Waals surface area contributed by atoms with Crippen LogP contribution in [0.3, 0.4) is 0 Å². The maximum absolute atomic E-state index is 13.6. The minimum atomic E-state index is -0.587. The Morgan fingerprint density at radius 1 is 1.35 bits per heavy atom. The molecule has 3 heterocycles. The number of benzene rings is 1.